The average Bonchev–Trinajstić information content (AvgIpc) is 2.41. The fraction of sp³-hybridized carbons (Fsp3) is 0.0667. The molecule has 0 unspecified atom stereocenters. The van der Waals surface area contributed by atoms with E-state index in [0.29, 0.717) is 21.8 Å². The Hall–Kier alpha value is -2.51. The molecule has 100 valence electrons. The summed E-state index contributed by atoms with van der Waals surface area (Å²) in [5.74, 6) is -0.131. The standard InChI is InChI=1S/C15H11ClN2O2/c16-13-7-11(9-17)4-5-14(13)18-15(20)8-10-2-1-3-12(19)6-10/h1-7,19H,8H2,(H,18,20). The summed E-state index contributed by atoms with van der Waals surface area (Å²) >= 11 is 5.97. The highest BCUT2D eigenvalue weighted by atomic mass is 35.5. The van der Waals surface area contributed by atoms with E-state index in [2.05, 4.69) is 5.32 Å². The summed E-state index contributed by atoms with van der Waals surface area (Å²) < 4.78 is 0. The van der Waals surface area contributed by atoms with Crippen molar-refractivity contribution in [2.75, 3.05) is 5.32 Å². The molecule has 20 heavy (non-hydrogen) atoms. The van der Waals surface area contributed by atoms with Gasteiger partial charge in [0, 0.05) is 0 Å². The first-order valence-electron chi connectivity index (χ1n) is 5.86. The van der Waals surface area contributed by atoms with E-state index in [1.165, 1.54) is 12.1 Å². The number of phenolic OH excluding ortho intramolecular Hbond substituents is 1. The quantitative estimate of drug-likeness (QED) is 0.910. The van der Waals surface area contributed by atoms with E-state index >= 15 is 0 Å². The number of nitriles is 1. The molecule has 5 heteroatoms. The third kappa shape index (κ3) is 3.50. The van der Waals surface area contributed by atoms with Crippen LogP contribution in [0.2, 0.25) is 5.02 Å². The highest BCUT2D eigenvalue weighted by Gasteiger charge is 2.08. The first kappa shape index (κ1) is 13.9. The number of hydrogen-bond acceptors (Lipinski definition) is 3. The van der Waals surface area contributed by atoms with Crippen LogP contribution in [0.4, 0.5) is 5.69 Å². The number of amides is 1. The minimum Gasteiger partial charge on any atom is -0.508 e. The molecule has 0 bridgehead atoms. The molecule has 0 heterocycles. The largest absolute Gasteiger partial charge is 0.508 e. The minimum absolute atomic E-state index is 0.117. The monoisotopic (exact) mass is 286 g/mol. The number of anilines is 1. The molecule has 0 fully saturated rings. The molecule has 0 radical (unpaired) electrons. The van der Waals surface area contributed by atoms with Crippen LogP contribution in [-0.4, -0.2) is 11.0 Å². The first-order chi connectivity index (χ1) is 9.58. The molecule has 0 saturated carbocycles. The summed E-state index contributed by atoms with van der Waals surface area (Å²) in [6.07, 6.45) is 0.130. The Labute approximate surface area is 121 Å². The topological polar surface area (TPSA) is 73.1 Å². The van der Waals surface area contributed by atoms with E-state index in [1.807, 2.05) is 6.07 Å². The van der Waals surface area contributed by atoms with Gasteiger partial charge in [-0.15, -0.1) is 0 Å². The van der Waals surface area contributed by atoms with Gasteiger partial charge in [0.15, 0.2) is 0 Å². The molecule has 0 aliphatic carbocycles. The highest BCUT2D eigenvalue weighted by molar-refractivity contribution is 6.33. The highest BCUT2D eigenvalue weighted by Crippen LogP contribution is 2.23. The van der Waals surface area contributed by atoms with Crippen LogP contribution in [0, 0.1) is 11.3 Å². The predicted molar refractivity (Wildman–Crippen MR) is 76.6 cm³/mol. The van der Waals surface area contributed by atoms with Crippen molar-refractivity contribution in [2.45, 2.75) is 6.42 Å². The maximum Gasteiger partial charge on any atom is 0.228 e. The van der Waals surface area contributed by atoms with Crippen molar-refractivity contribution in [3.8, 4) is 11.8 Å². The average molecular weight is 287 g/mol. The van der Waals surface area contributed by atoms with Crippen molar-refractivity contribution in [3.05, 3.63) is 58.6 Å². The number of nitrogens with one attached hydrogen (secondary N) is 1. The fourth-order valence-corrected chi connectivity index (χ4v) is 1.96. The third-order valence-corrected chi connectivity index (χ3v) is 2.96. The Bertz CT molecular complexity index is 693. The normalized spacial score (nSPS) is 9.80. The van der Waals surface area contributed by atoms with Gasteiger partial charge in [-0.1, -0.05) is 23.7 Å². The lowest BCUT2D eigenvalue weighted by Gasteiger charge is -2.07. The van der Waals surface area contributed by atoms with Crippen molar-refractivity contribution in [1.29, 1.82) is 5.26 Å². The zero-order valence-corrected chi connectivity index (χ0v) is 11.2. The molecule has 0 aromatic heterocycles. The van der Waals surface area contributed by atoms with Crippen LogP contribution in [0.5, 0.6) is 5.75 Å². The molecular formula is C15H11ClN2O2. The van der Waals surface area contributed by atoms with Gasteiger partial charge in [-0.3, -0.25) is 4.79 Å². The lowest BCUT2D eigenvalue weighted by atomic mass is 10.1. The Kier molecular flexibility index (Phi) is 4.24. The molecular weight excluding hydrogens is 276 g/mol. The van der Waals surface area contributed by atoms with Crippen LogP contribution < -0.4 is 5.32 Å². The molecule has 0 aliphatic heterocycles. The SMILES string of the molecule is N#Cc1ccc(NC(=O)Cc2cccc(O)c2)c(Cl)c1. The lowest BCUT2D eigenvalue weighted by Crippen LogP contribution is -2.14. The van der Waals surface area contributed by atoms with Crippen LogP contribution in [0.3, 0.4) is 0 Å². The number of carbonyl (C=O) groups is 1. The molecule has 0 atom stereocenters. The van der Waals surface area contributed by atoms with Crippen LogP contribution in [0.15, 0.2) is 42.5 Å². The van der Waals surface area contributed by atoms with Crippen LogP contribution in [0.1, 0.15) is 11.1 Å². The number of halogens is 1. The molecule has 1 amide bonds. The Morgan fingerprint density at radius 3 is 2.75 bits per heavy atom. The van der Waals surface area contributed by atoms with E-state index in [9.17, 15) is 9.90 Å². The van der Waals surface area contributed by atoms with Crippen molar-refractivity contribution in [3.63, 3.8) is 0 Å². The molecule has 2 aromatic carbocycles. The number of nitrogens with zero attached hydrogens (tertiary/aromatic N) is 1. The van der Waals surface area contributed by atoms with Crippen LogP contribution in [0.25, 0.3) is 0 Å². The number of hydrogen-bond donors (Lipinski definition) is 2. The van der Waals surface area contributed by atoms with Gasteiger partial charge in [-0.25, -0.2) is 0 Å². The number of rotatable bonds is 3. The van der Waals surface area contributed by atoms with Crippen molar-refractivity contribution in [2.24, 2.45) is 0 Å². The molecule has 2 rings (SSSR count). The van der Waals surface area contributed by atoms with Gasteiger partial charge in [0.25, 0.3) is 0 Å². The number of phenols is 1. The molecule has 0 spiro atoms. The fourth-order valence-electron chi connectivity index (χ4n) is 1.73. The first-order valence-corrected chi connectivity index (χ1v) is 6.23. The Morgan fingerprint density at radius 2 is 2.10 bits per heavy atom. The van der Waals surface area contributed by atoms with Crippen molar-refractivity contribution < 1.29 is 9.90 Å². The van der Waals surface area contributed by atoms with E-state index in [0.717, 1.165) is 0 Å². The Morgan fingerprint density at radius 1 is 1.30 bits per heavy atom. The van der Waals surface area contributed by atoms with Crippen molar-refractivity contribution in [1.82, 2.24) is 0 Å². The summed E-state index contributed by atoms with van der Waals surface area (Å²) in [6, 6.07) is 13.1. The van der Waals surface area contributed by atoms with E-state index in [1.54, 1.807) is 30.3 Å². The van der Waals surface area contributed by atoms with E-state index in [4.69, 9.17) is 16.9 Å². The number of carbonyl (C=O) groups excluding carboxylic acids is 1. The molecule has 4 nitrogen and oxygen atoms in total. The van der Waals surface area contributed by atoms with E-state index in [-0.39, 0.29) is 18.1 Å². The zero-order chi connectivity index (χ0) is 14.5. The van der Waals surface area contributed by atoms with Gasteiger partial charge in [0.2, 0.25) is 5.91 Å². The van der Waals surface area contributed by atoms with Crippen molar-refractivity contribution >= 4 is 23.2 Å². The summed E-state index contributed by atoms with van der Waals surface area (Å²) in [5, 5.41) is 21.1. The summed E-state index contributed by atoms with van der Waals surface area (Å²) in [4.78, 5) is 11.9. The third-order valence-electron chi connectivity index (χ3n) is 2.65. The second-order valence-corrected chi connectivity index (χ2v) is 4.61. The van der Waals surface area contributed by atoms with E-state index < -0.39 is 0 Å². The molecule has 2 N–H and O–H groups in total. The maximum absolute atomic E-state index is 11.9. The van der Waals surface area contributed by atoms with Gasteiger partial charge in [-0.2, -0.15) is 5.26 Å². The second-order valence-electron chi connectivity index (χ2n) is 4.20. The smallest absolute Gasteiger partial charge is 0.228 e. The molecule has 0 aliphatic rings. The van der Waals surface area contributed by atoms with Gasteiger partial charge < -0.3 is 10.4 Å². The lowest BCUT2D eigenvalue weighted by molar-refractivity contribution is -0.115. The minimum atomic E-state index is -0.248. The summed E-state index contributed by atoms with van der Waals surface area (Å²) in [6.45, 7) is 0. The van der Waals surface area contributed by atoms with Crippen LogP contribution >= 0.6 is 11.6 Å². The maximum atomic E-state index is 11.9. The summed E-state index contributed by atoms with van der Waals surface area (Å²) in [5.41, 5.74) is 1.59. The Balaban J connectivity index is 2.07. The number of benzene rings is 2. The molecule has 2 aromatic rings. The van der Waals surface area contributed by atoms with Gasteiger partial charge in [0.1, 0.15) is 5.75 Å². The van der Waals surface area contributed by atoms with Gasteiger partial charge in [-0.05, 0) is 35.9 Å². The zero-order valence-electron chi connectivity index (χ0n) is 10.4. The van der Waals surface area contributed by atoms with Gasteiger partial charge in [0.05, 0.1) is 28.8 Å². The number of aromatic hydroxyl groups is 1. The van der Waals surface area contributed by atoms with Gasteiger partial charge >= 0.3 is 0 Å². The van der Waals surface area contributed by atoms with Crippen LogP contribution in [-0.2, 0) is 11.2 Å². The summed E-state index contributed by atoms with van der Waals surface area (Å²) in [7, 11) is 0. The molecule has 0 saturated heterocycles. The predicted octanol–water partition coefficient (Wildman–Crippen LogP) is 3.10. The second kappa shape index (κ2) is 6.09.